The van der Waals surface area contributed by atoms with Crippen molar-refractivity contribution < 1.29 is 19.4 Å². The molecule has 0 bridgehead atoms. The van der Waals surface area contributed by atoms with Crippen LogP contribution in [0.1, 0.15) is 37.5 Å². The quantitative estimate of drug-likeness (QED) is 0.460. The summed E-state index contributed by atoms with van der Waals surface area (Å²) < 4.78 is 5.49. The van der Waals surface area contributed by atoms with Gasteiger partial charge in [0.15, 0.2) is 5.75 Å². The van der Waals surface area contributed by atoms with E-state index in [0.717, 1.165) is 21.4 Å². The van der Waals surface area contributed by atoms with Crippen molar-refractivity contribution in [3.63, 3.8) is 0 Å². The molecule has 0 saturated heterocycles. The van der Waals surface area contributed by atoms with Gasteiger partial charge in [-0.2, -0.15) is 4.68 Å². The van der Waals surface area contributed by atoms with Crippen molar-refractivity contribution in [3.05, 3.63) is 63.4 Å². The molecule has 0 spiro atoms. The highest BCUT2D eigenvalue weighted by Gasteiger charge is 2.21. The highest BCUT2D eigenvalue weighted by Crippen LogP contribution is 2.28. The highest BCUT2D eigenvalue weighted by molar-refractivity contribution is 5.89. The fourth-order valence-corrected chi connectivity index (χ4v) is 3.31. The molecule has 0 aliphatic heterocycles. The van der Waals surface area contributed by atoms with Gasteiger partial charge in [-0.15, -0.1) is 0 Å². The van der Waals surface area contributed by atoms with Crippen molar-refractivity contribution in [1.82, 2.24) is 15.1 Å². The number of aryl methyl sites for hydroxylation is 1. The number of carbonyl (C=O) groups is 2. The second-order valence-electron chi connectivity index (χ2n) is 7.81. The van der Waals surface area contributed by atoms with Crippen LogP contribution in [0.2, 0.25) is 0 Å². The molecule has 8 heteroatoms. The van der Waals surface area contributed by atoms with Gasteiger partial charge in [-0.05, 0) is 41.2 Å². The number of aromatic amines is 1. The van der Waals surface area contributed by atoms with Crippen LogP contribution in [-0.2, 0) is 12.0 Å². The zero-order valence-electron chi connectivity index (χ0n) is 16.7. The summed E-state index contributed by atoms with van der Waals surface area (Å²) in [6, 6.07) is 9.72. The lowest BCUT2D eigenvalue weighted by Gasteiger charge is -2.24. The lowest BCUT2D eigenvalue weighted by atomic mass is 9.82. The van der Waals surface area contributed by atoms with Gasteiger partial charge in [-0.3, -0.25) is 9.89 Å². The van der Waals surface area contributed by atoms with Crippen LogP contribution in [-0.4, -0.2) is 27.1 Å². The molecule has 3 rings (SSSR count). The standard InChI is InChI=1S/C21H23N3O5/c1-12-7-5-9-15(21(2,3)4)14(12)11-22-19(26)24-18(25)13-8-6-10-16(17(13)23-24)29-20(27)28/h5-10,23H,11H2,1-4H3,(H,22,26)(H,27,28). The van der Waals surface area contributed by atoms with Crippen LogP contribution in [0.5, 0.6) is 5.75 Å². The van der Waals surface area contributed by atoms with Gasteiger partial charge in [-0.1, -0.05) is 45.0 Å². The van der Waals surface area contributed by atoms with Gasteiger partial charge in [0.2, 0.25) is 0 Å². The number of hydrogen-bond donors (Lipinski definition) is 3. The third kappa shape index (κ3) is 4.01. The number of carbonyl (C=O) groups excluding carboxylic acids is 1. The van der Waals surface area contributed by atoms with E-state index in [9.17, 15) is 14.4 Å². The number of benzene rings is 2. The first-order valence-electron chi connectivity index (χ1n) is 9.11. The second kappa shape index (κ2) is 7.46. The summed E-state index contributed by atoms with van der Waals surface area (Å²) in [5.74, 6) is -0.0485. The molecule has 0 radical (unpaired) electrons. The average molecular weight is 397 g/mol. The molecule has 29 heavy (non-hydrogen) atoms. The number of rotatable bonds is 3. The minimum atomic E-state index is -1.51. The van der Waals surface area contributed by atoms with Crippen molar-refractivity contribution in [2.24, 2.45) is 0 Å². The van der Waals surface area contributed by atoms with Crippen molar-refractivity contribution in [1.29, 1.82) is 0 Å². The molecule has 3 N–H and O–H groups in total. The molecule has 2 aromatic carbocycles. The number of para-hydroxylation sites is 1. The second-order valence-corrected chi connectivity index (χ2v) is 7.81. The summed E-state index contributed by atoms with van der Waals surface area (Å²) in [4.78, 5) is 36.1. The summed E-state index contributed by atoms with van der Waals surface area (Å²) in [6.07, 6.45) is -1.51. The molecule has 0 fully saturated rings. The van der Waals surface area contributed by atoms with Crippen molar-refractivity contribution in [2.45, 2.75) is 39.7 Å². The van der Waals surface area contributed by atoms with E-state index in [1.54, 1.807) is 0 Å². The van der Waals surface area contributed by atoms with Crippen LogP contribution < -0.4 is 15.6 Å². The molecule has 0 saturated carbocycles. The molecule has 0 aliphatic rings. The van der Waals surface area contributed by atoms with Crippen LogP contribution in [0.4, 0.5) is 9.59 Å². The van der Waals surface area contributed by atoms with E-state index in [1.165, 1.54) is 18.2 Å². The van der Waals surface area contributed by atoms with E-state index < -0.39 is 17.7 Å². The van der Waals surface area contributed by atoms with Gasteiger partial charge in [0.1, 0.15) is 5.52 Å². The Labute approximate surface area is 167 Å². The molecular weight excluding hydrogens is 374 g/mol. The van der Waals surface area contributed by atoms with Crippen molar-refractivity contribution in [3.8, 4) is 5.75 Å². The fourth-order valence-electron chi connectivity index (χ4n) is 3.31. The predicted molar refractivity (Wildman–Crippen MR) is 109 cm³/mol. The Morgan fingerprint density at radius 3 is 2.52 bits per heavy atom. The molecule has 8 nitrogen and oxygen atoms in total. The van der Waals surface area contributed by atoms with Gasteiger partial charge in [0.25, 0.3) is 5.56 Å². The SMILES string of the molecule is Cc1cccc(C(C)(C)C)c1CNC(=O)n1[nH]c2c(OC(=O)O)cccc2c1=O. The number of fused-ring (bicyclic) bond motifs is 1. The van der Waals surface area contributed by atoms with Crippen molar-refractivity contribution >= 4 is 23.1 Å². The average Bonchev–Trinajstić information content (AvgIpc) is 2.97. The molecule has 1 heterocycles. The first-order chi connectivity index (χ1) is 13.6. The summed E-state index contributed by atoms with van der Waals surface area (Å²) >= 11 is 0. The Morgan fingerprint density at radius 1 is 1.17 bits per heavy atom. The maximum atomic E-state index is 12.7. The predicted octanol–water partition coefficient (Wildman–Crippen LogP) is 3.75. The van der Waals surface area contributed by atoms with E-state index >= 15 is 0 Å². The number of nitrogens with zero attached hydrogens (tertiary/aromatic N) is 1. The Kier molecular flexibility index (Phi) is 5.19. The normalized spacial score (nSPS) is 11.4. The minimum absolute atomic E-state index is 0.0485. The van der Waals surface area contributed by atoms with E-state index in [0.29, 0.717) is 0 Å². The molecule has 1 amide bonds. The Hall–Kier alpha value is -3.55. The maximum Gasteiger partial charge on any atom is 0.511 e. The van der Waals surface area contributed by atoms with E-state index in [1.807, 2.05) is 25.1 Å². The molecule has 0 aliphatic carbocycles. The van der Waals surface area contributed by atoms with Crippen LogP contribution in [0, 0.1) is 6.92 Å². The van der Waals surface area contributed by atoms with Gasteiger partial charge in [-0.25, -0.2) is 9.59 Å². The minimum Gasteiger partial charge on any atom is -0.449 e. The zero-order chi connectivity index (χ0) is 21.3. The number of ether oxygens (including phenoxy) is 1. The van der Waals surface area contributed by atoms with Gasteiger partial charge >= 0.3 is 12.2 Å². The maximum absolute atomic E-state index is 12.7. The fraction of sp³-hybridized carbons (Fsp3) is 0.286. The van der Waals surface area contributed by atoms with Gasteiger partial charge in [0.05, 0.1) is 5.39 Å². The van der Waals surface area contributed by atoms with Gasteiger partial charge < -0.3 is 15.2 Å². The van der Waals surface area contributed by atoms with Crippen LogP contribution in [0.15, 0.2) is 41.2 Å². The third-order valence-corrected chi connectivity index (χ3v) is 4.72. The summed E-state index contributed by atoms with van der Waals surface area (Å²) in [5, 5.41) is 14.4. The van der Waals surface area contributed by atoms with E-state index in [-0.39, 0.29) is 28.6 Å². The summed E-state index contributed by atoms with van der Waals surface area (Å²) in [7, 11) is 0. The summed E-state index contributed by atoms with van der Waals surface area (Å²) in [6.45, 7) is 8.51. The number of hydrogen-bond acceptors (Lipinski definition) is 4. The van der Waals surface area contributed by atoms with Crippen LogP contribution >= 0.6 is 0 Å². The van der Waals surface area contributed by atoms with E-state index in [4.69, 9.17) is 5.11 Å². The third-order valence-electron chi connectivity index (χ3n) is 4.72. The summed E-state index contributed by atoms with van der Waals surface area (Å²) in [5.41, 5.74) is 2.59. The number of aromatic nitrogens is 2. The largest absolute Gasteiger partial charge is 0.511 e. The molecule has 1 aromatic heterocycles. The van der Waals surface area contributed by atoms with Crippen LogP contribution in [0.3, 0.4) is 0 Å². The molecule has 152 valence electrons. The number of carboxylic acid groups (broad SMARTS) is 1. The Bertz CT molecular complexity index is 1150. The first kappa shape index (κ1) is 20.2. The van der Waals surface area contributed by atoms with Gasteiger partial charge in [0, 0.05) is 6.54 Å². The lowest BCUT2D eigenvalue weighted by molar-refractivity contribution is 0.145. The van der Waals surface area contributed by atoms with E-state index in [2.05, 4.69) is 35.9 Å². The molecular formula is C21H23N3O5. The molecule has 0 unspecified atom stereocenters. The lowest BCUT2D eigenvalue weighted by Crippen LogP contribution is -2.35. The topological polar surface area (TPSA) is 113 Å². The molecule has 0 atom stereocenters. The first-order valence-corrected chi connectivity index (χ1v) is 9.11. The highest BCUT2D eigenvalue weighted by atomic mass is 16.7. The monoisotopic (exact) mass is 397 g/mol. The number of nitrogens with one attached hydrogen (secondary N) is 2. The number of H-pyrrole nitrogens is 1. The Balaban J connectivity index is 1.92. The number of amides is 1. The zero-order valence-corrected chi connectivity index (χ0v) is 16.7. The van der Waals surface area contributed by atoms with Crippen LogP contribution in [0.25, 0.3) is 10.9 Å². The smallest absolute Gasteiger partial charge is 0.449 e. The molecule has 3 aromatic rings. The van der Waals surface area contributed by atoms with Crippen molar-refractivity contribution in [2.75, 3.05) is 0 Å². The Morgan fingerprint density at radius 2 is 1.86 bits per heavy atom.